The molecule has 0 fully saturated rings. The first-order chi connectivity index (χ1) is 9.65. The van der Waals surface area contributed by atoms with Crippen LogP contribution in [-0.4, -0.2) is 18.4 Å². The van der Waals surface area contributed by atoms with Crippen molar-refractivity contribution in [2.24, 2.45) is 0 Å². The van der Waals surface area contributed by atoms with Gasteiger partial charge in [-0.15, -0.1) is 11.3 Å². The van der Waals surface area contributed by atoms with E-state index in [9.17, 15) is 9.59 Å². The largest absolute Gasteiger partial charge is 0.351 e. The standard InChI is InChI=1S/C14H13IN2O2S/c15-10-3-1-4-11(9-10)17-13(18)6-7-16-14(19)12-5-2-8-20-12/h1-5,8-9H,6-7H2,(H,16,19)(H,17,18). The van der Waals surface area contributed by atoms with Crippen LogP contribution in [0, 0.1) is 3.57 Å². The molecule has 0 saturated heterocycles. The molecule has 2 aromatic rings. The van der Waals surface area contributed by atoms with E-state index in [4.69, 9.17) is 0 Å². The number of carbonyl (C=O) groups excluding carboxylic acids is 2. The van der Waals surface area contributed by atoms with Gasteiger partial charge in [0, 0.05) is 22.2 Å². The van der Waals surface area contributed by atoms with Gasteiger partial charge in [-0.3, -0.25) is 9.59 Å². The smallest absolute Gasteiger partial charge is 0.261 e. The molecule has 20 heavy (non-hydrogen) atoms. The summed E-state index contributed by atoms with van der Waals surface area (Å²) in [5.41, 5.74) is 0.770. The zero-order valence-corrected chi connectivity index (χ0v) is 13.5. The molecule has 0 bridgehead atoms. The van der Waals surface area contributed by atoms with E-state index >= 15 is 0 Å². The first kappa shape index (κ1) is 15.0. The van der Waals surface area contributed by atoms with Gasteiger partial charge in [-0.2, -0.15) is 0 Å². The van der Waals surface area contributed by atoms with E-state index in [1.54, 1.807) is 6.07 Å². The Kier molecular flexibility index (Phi) is 5.54. The summed E-state index contributed by atoms with van der Waals surface area (Å²) in [5.74, 6) is -0.250. The van der Waals surface area contributed by atoms with Crippen molar-refractivity contribution in [2.45, 2.75) is 6.42 Å². The minimum atomic E-state index is -0.137. The van der Waals surface area contributed by atoms with Gasteiger partial charge in [0.1, 0.15) is 0 Å². The van der Waals surface area contributed by atoms with Crippen LogP contribution in [0.2, 0.25) is 0 Å². The van der Waals surface area contributed by atoms with Crippen molar-refractivity contribution in [3.05, 3.63) is 50.2 Å². The third-order valence-corrected chi connectivity index (χ3v) is 4.03. The summed E-state index contributed by atoms with van der Waals surface area (Å²) < 4.78 is 1.06. The number of anilines is 1. The van der Waals surface area contributed by atoms with Gasteiger partial charge in [-0.05, 0) is 52.2 Å². The Bertz CT molecular complexity index is 599. The van der Waals surface area contributed by atoms with Crippen molar-refractivity contribution >= 4 is 51.4 Å². The summed E-state index contributed by atoms with van der Waals surface area (Å²) in [5, 5.41) is 7.37. The van der Waals surface area contributed by atoms with Gasteiger partial charge in [0.15, 0.2) is 0 Å². The van der Waals surface area contributed by atoms with E-state index in [-0.39, 0.29) is 18.2 Å². The summed E-state index contributed by atoms with van der Waals surface area (Å²) in [6.07, 6.45) is 0.253. The molecule has 104 valence electrons. The Morgan fingerprint density at radius 2 is 2.05 bits per heavy atom. The monoisotopic (exact) mass is 400 g/mol. The number of thiophene rings is 1. The van der Waals surface area contributed by atoms with Crippen molar-refractivity contribution < 1.29 is 9.59 Å². The van der Waals surface area contributed by atoms with Crippen molar-refractivity contribution in [2.75, 3.05) is 11.9 Å². The quantitative estimate of drug-likeness (QED) is 0.758. The first-order valence-corrected chi connectivity index (χ1v) is 7.98. The lowest BCUT2D eigenvalue weighted by Crippen LogP contribution is -2.27. The summed E-state index contributed by atoms with van der Waals surface area (Å²) in [6.45, 7) is 0.326. The first-order valence-electron chi connectivity index (χ1n) is 6.02. The van der Waals surface area contributed by atoms with Gasteiger partial charge in [0.05, 0.1) is 4.88 Å². The van der Waals surface area contributed by atoms with Crippen LogP contribution in [0.15, 0.2) is 41.8 Å². The van der Waals surface area contributed by atoms with Crippen LogP contribution in [0.3, 0.4) is 0 Å². The molecule has 0 unspecified atom stereocenters. The molecule has 0 aliphatic heterocycles. The predicted molar refractivity (Wildman–Crippen MR) is 89.1 cm³/mol. The molecular formula is C14H13IN2O2S. The molecule has 2 N–H and O–H groups in total. The van der Waals surface area contributed by atoms with Crippen LogP contribution >= 0.6 is 33.9 Å². The number of benzene rings is 1. The molecule has 0 atom stereocenters. The van der Waals surface area contributed by atoms with Gasteiger partial charge in [-0.1, -0.05) is 12.1 Å². The lowest BCUT2D eigenvalue weighted by atomic mass is 10.3. The molecular weight excluding hydrogens is 387 g/mol. The maximum absolute atomic E-state index is 11.7. The molecule has 2 amide bonds. The Morgan fingerprint density at radius 1 is 1.20 bits per heavy atom. The Morgan fingerprint density at radius 3 is 2.75 bits per heavy atom. The third kappa shape index (κ3) is 4.61. The highest BCUT2D eigenvalue weighted by molar-refractivity contribution is 14.1. The highest BCUT2D eigenvalue weighted by atomic mass is 127. The van der Waals surface area contributed by atoms with Gasteiger partial charge in [0.2, 0.25) is 5.91 Å². The maximum atomic E-state index is 11.7. The second kappa shape index (κ2) is 7.39. The number of amides is 2. The molecule has 1 aromatic carbocycles. The highest BCUT2D eigenvalue weighted by Gasteiger charge is 2.07. The fraction of sp³-hybridized carbons (Fsp3) is 0.143. The van der Waals surface area contributed by atoms with Crippen LogP contribution in [0.1, 0.15) is 16.1 Å². The van der Waals surface area contributed by atoms with E-state index in [0.29, 0.717) is 11.4 Å². The molecule has 1 aromatic heterocycles. The average Bonchev–Trinajstić information content (AvgIpc) is 2.92. The average molecular weight is 400 g/mol. The molecule has 0 radical (unpaired) electrons. The van der Waals surface area contributed by atoms with Gasteiger partial charge in [-0.25, -0.2) is 0 Å². The number of hydrogen-bond donors (Lipinski definition) is 2. The molecule has 6 heteroatoms. The zero-order valence-electron chi connectivity index (χ0n) is 10.6. The van der Waals surface area contributed by atoms with Crippen LogP contribution in [0.25, 0.3) is 0 Å². The molecule has 0 saturated carbocycles. The second-order valence-corrected chi connectivity index (χ2v) is 6.24. The molecule has 2 rings (SSSR count). The van der Waals surface area contributed by atoms with E-state index in [2.05, 4.69) is 33.2 Å². The number of hydrogen-bond acceptors (Lipinski definition) is 3. The van der Waals surface area contributed by atoms with Gasteiger partial charge in [0.25, 0.3) is 5.91 Å². The van der Waals surface area contributed by atoms with Crippen LogP contribution in [0.4, 0.5) is 5.69 Å². The second-order valence-electron chi connectivity index (χ2n) is 4.04. The minimum Gasteiger partial charge on any atom is -0.351 e. The summed E-state index contributed by atoms with van der Waals surface area (Å²) >= 11 is 3.57. The van der Waals surface area contributed by atoms with Gasteiger partial charge < -0.3 is 10.6 Å². The molecule has 0 spiro atoms. The normalized spacial score (nSPS) is 10.1. The van der Waals surface area contributed by atoms with E-state index in [1.165, 1.54) is 11.3 Å². The number of carbonyl (C=O) groups is 2. The van der Waals surface area contributed by atoms with Crippen molar-refractivity contribution in [3.63, 3.8) is 0 Å². The Balaban J connectivity index is 1.74. The summed E-state index contributed by atoms with van der Waals surface area (Å²) in [7, 11) is 0. The van der Waals surface area contributed by atoms with Crippen LogP contribution in [0.5, 0.6) is 0 Å². The van der Waals surface area contributed by atoms with E-state index in [0.717, 1.165) is 9.26 Å². The summed E-state index contributed by atoms with van der Waals surface area (Å²) in [4.78, 5) is 24.0. The molecule has 1 heterocycles. The molecule has 4 nitrogen and oxygen atoms in total. The lowest BCUT2D eigenvalue weighted by molar-refractivity contribution is -0.116. The third-order valence-electron chi connectivity index (χ3n) is 2.49. The van der Waals surface area contributed by atoms with Gasteiger partial charge >= 0.3 is 0 Å². The van der Waals surface area contributed by atoms with E-state index < -0.39 is 0 Å². The lowest BCUT2D eigenvalue weighted by Gasteiger charge is -2.06. The molecule has 0 aliphatic carbocycles. The fourth-order valence-electron chi connectivity index (χ4n) is 1.57. The fourth-order valence-corrected chi connectivity index (χ4v) is 2.76. The Labute approximate surface area is 134 Å². The van der Waals surface area contributed by atoms with Crippen molar-refractivity contribution in [1.82, 2.24) is 5.32 Å². The van der Waals surface area contributed by atoms with Crippen LogP contribution in [-0.2, 0) is 4.79 Å². The number of rotatable bonds is 5. The topological polar surface area (TPSA) is 58.2 Å². The van der Waals surface area contributed by atoms with Crippen molar-refractivity contribution in [1.29, 1.82) is 0 Å². The number of nitrogens with one attached hydrogen (secondary N) is 2. The SMILES string of the molecule is O=C(CCNC(=O)c1cccs1)Nc1cccc(I)c1. The van der Waals surface area contributed by atoms with Crippen molar-refractivity contribution in [3.8, 4) is 0 Å². The van der Waals surface area contributed by atoms with Crippen LogP contribution < -0.4 is 10.6 Å². The predicted octanol–water partition coefficient (Wildman–Crippen LogP) is 3.11. The molecule has 0 aliphatic rings. The minimum absolute atomic E-state index is 0.113. The maximum Gasteiger partial charge on any atom is 0.261 e. The van der Waals surface area contributed by atoms with E-state index in [1.807, 2.05) is 35.7 Å². The Hall–Kier alpha value is -1.41. The summed E-state index contributed by atoms with van der Waals surface area (Å²) in [6, 6.07) is 11.1. The number of halogens is 1. The zero-order chi connectivity index (χ0) is 14.4. The highest BCUT2D eigenvalue weighted by Crippen LogP contribution is 2.12.